The number of ketones is 2. The second-order valence-electron chi connectivity index (χ2n) is 9.96. The van der Waals surface area contributed by atoms with Gasteiger partial charge >= 0.3 is 0 Å². The minimum absolute atomic E-state index is 0.386. The molecule has 0 bridgehead atoms. The lowest BCUT2D eigenvalue weighted by atomic mass is 9.86. The van der Waals surface area contributed by atoms with Crippen LogP contribution in [0.25, 0.3) is 11.1 Å². The van der Waals surface area contributed by atoms with E-state index in [0.717, 1.165) is 36.2 Å². The fourth-order valence-corrected chi connectivity index (χ4v) is 4.03. The minimum Gasteiger partial charge on any atom is -0.386 e. The van der Waals surface area contributed by atoms with Crippen LogP contribution >= 0.6 is 0 Å². The second-order valence-corrected chi connectivity index (χ2v) is 9.96. The van der Waals surface area contributed by atoms with Gasteiger partial charge in [0.05, 0.1) is 0 Å². The number of unbranched alkanes of at least 4 members (excludes halogenated alkanes) is 1. The number of benzene rings is 2. The minimum atomic E-state index is -0.850. The van der Waals surface area contributed by atoms with Crippen LogP contribution in [0, 0.1) is 16.7 Å². The Bertz CT molecular complexity index is 1260. The number of hydrogen-bond donors (Lipinski definition) is 1. The van der Waals surface area contributed by atoms with Crippen molar-refractivity contribution in [3.63, 3.8) is 0 Å². The molecule has 0 saturated heterocycles. The Morgan fingerprint density at radius 3 is 2.34 bits per heavy atom. The van der Waals surface area contributed by atoms with Gasteiger partial charge in [-0.1, -0.05) is 82.6 Å². The number of rotatable bonds is 9. The second kappa shape index (κ2) is 10.8. The Kier molecular flexibility index (Phi) is 8.03. The van der Waals surface area contributed by atoms with Crippen molar-refractivity contribution in [3.05, 3.63) is 76.9 Å². The Labute approximate surface area is 207 Å². The number of aryl methyl sites for hydroxylation is 1. The van der Waals surface area contributed by atoms with E-state index in [0.29, 0.717) is 29.1 Å². The maximum absolute atomic E-state index is 12.4. The number of carbonyl (C=O) groups excluding carboxylic acids is 2. The number of nitriles is 1. The molecule has 3 aromatic rings. The molecular formula is C29H33N3O3. The third-order valence-electron chi connectivity index (χ3n) is 6.11. The Morgan fingerprint density at radius 1 is 1.11 bits per heavy atom. The highest BCUT2D eigenvalue weighted by atomic mass is 16.3. The van der Waals surface area contributed by atoms with Gasteiger partial charge in [-0.2, -0.15) is 5.26 Å². The lowest BCUT2D eigenvalue weighted by Crippen LogP contribution is -2.19. The molecule has 0 spiro atoms. The number of nitrogens with zero attached hydrogens (tertiary/aromatic N) is 3. The van der Waals surface area contributed by atoms with Crippen molar-refractivity contribution in [1.29, 1.82) is 5.26 Å². The van der Waals surface area contributed by atoms with Crippen molar-refractivity contribution in [3.8, 4) is 17.2 Å². The van der Waals surface area contributed by atoms with Crippen molar-refractivity contribution < 1.29 is 14.7 Å². The van der Waals surface area contributed by atoms with E-state index in [1.807, 2.05) is 61.7 Å². The molecule has 0 aliphatic rings. The van der Waals surface area contributed by atoms with E-state index in [1.165, 1.54) is 6.92 Å². The molecule has 2 aromatic carbocycles. The van der Waals surface area contributed by atoms with Crippen molar-refractivity contribution >= 4 is 11.6 Å². The quantitative estimate of drug-likeness (QED) is 0.321. The van der Waals surface area contributed by atoms with E-state index in [2.05, 4.69) is 13.0 Å². The van der Waals surface area contributed by atoms with Crippen LogP contribution in [0.1, 0.15) is 86.7 Å². The largest absolute Gasteiger partial charge is 0.386 e. The van der Waals surface area contributed by atoms with Crippen LogP contribution in [0.5, 0.6) is 0 Å². The summed E-state index contributed by atoms with van der Waals surface area (Å²) in [5.41, 5.74) is 3.27. The van der Waals surface area contributed by atoms with Crippen LogP contribution in [0.2, 0.25) is 0 Å². The van der Waals surface area contributed by atoms with Crippen molar-refractivity contribution in [2.45, 2.75) is 66.5 Å². The van der Waals surface area contributed by atoms with Gasteiger partial charge in [-0.15, -0.1) is 0 Å². The van der Waals surface area contributed by atoms with Gasteiger partial charge in [-0.05, 0) is 28.5 Å². The molecule has 1 unspecified atom stereocenters. The molecule has 6 heteroatoms. The van der Waals surface area contributed by atoms with Crippen molar-refractivity contribution in [1.82, 2.24) is 9.55 Å². The van der Waals surface area contributed by atoms with Gasteiger partial charge in [-0.3, -0.25) is 9.59 Å². The van der Waals surface area contributed by atoms with Crippen LogP contribution < -0.4 is 0 Å². The zero-order valence-corrected chi connectivity index (χ0v) is 21.1. The Hall–Kier alpha value is -3.56. The standard InChI is InChI=1S/C29H33N3O3/c1-6-7-12-25-31-26(28(35)29(3,4)5)24(17-30)32(25)18-20-13-15-21(16-14-20)22-10-8-9-11-23(22)27(34)19(2)33/h8-11,13-16,28,35H,6-7,12,18H2,1-5H3. The molecule has 0 aliphatic heterocycles. The first-order valence-electron chi connectivity index (χ1n) is 12.0. The number of aliphatic hydroxyl groups excluding tert-OH is 1. The highest BCUT2D eigenvalue weighted by Gasteiger charge is 2.31. The Morgan fingerprint density at radius 2 is 1.77 bits per heavy atom. The van der Waals surface area contributed by atoms with Crippen LogP contribution in [-0.2, 0) is 17.8 Å². The summed E-state index contributed by atoms with van der Waals surface area (Å²) in [6.07, 6.45) is 1.81. The number of aliphatic hydroxyl groups is 1. The molecule has 1 N–H and O–H groups in total. The maximum Gasteiger partial charge on any atom is 0.228 e. The molecule has 3 rings (SSSR count). The molecule has 0 fully saturated rings. The average molecular weight is 472 g/mol. The maximum atomic E-state index is 12.4. The first kappa shape index (κ1) is 26.1. The monoisotopic (exact) mass is 471 g/mol. The molecule has 0 amide bonds. The summed E-state index contributed by atoms with van der Waals surface area (Å²) in [5, 5.41) is 20.9. The van der Waals surface area contributed by atoms with E-state index in [9.17, 15) is 20.0 Å². The van der Waals surface area contributed by atoms with Crippen LogP contribution in [-0.4, -0.2) is 26.2 Å². The molecule has 1 atom stereocenters. The predicted molar refractivity (Wildman–Crippen MR) is 136 cm³/mol. The topological polar surface area (TPSA) is 96.0 Å². The van der Waals surface area contributed by atoms with E-state index >= 15 is 0 Å². The molecule has 35 heavy (non-hydrogen) atoms. The third kappa shape index (κ3) is 5.75. The van der Waals surface area contributed by atoms with Crippen LogP contribution in [0.4, 0.5) is 0 Å². The summed E-state index contributed by atoms with van der Waals surface area (Å²) in [6, 6.07) is 17.1. The number of aromatic nitrogens is 2. The predicted octanol–water partition coefficient (Wildman–Crippen LogP) is 5.66. The van der Waals surface area contributed by atoms with Crippen molar-refractivity contribution in [2.75, 3.05) is 0 Å². The van der Waals surface area contributed by atoms with E-state index in [-0.39, 0.29) is 0 Å². The summed E-state index contributed by atoms with van der Waals surface area (Å²) in [4.78, 5) is 28.7. The van der Waals surface area contributed by atoms with Gasteiger partial charge in [0.2, 0.25) is 5.78 Å². The van der Waals surface area contributed by atoms with E-state index in [1.54, 1.807) is 12.1 Å². The zero-order valence-electron chi connectivity index (χ0n) is 21.1. The van der Waals surface area contributed by atoms with E-state index in [4.69, 9.17) is 4.98 Å². The fourth-order valence-electron chi connectivity index (χ4n) is 4.03. The smallest absolute Gasteiger partial charge is 0.228 e. The molecular weight excluding hydrogens is 438 g/mol. The molecule has 1 heterocycles. The van der Waals surface area contributed by atoms with Gasteiger partial charge in [0.1, 0.15) is 29.4 Å². The van der Waals surface area contributed by atoms with Gasteiger partial charge < -0.3 is 9.67 Å². The van der Waals surface area contributed by atoms with Gasteiger partial charge in [-0.25, -0.2) is 4.98 Å². The number of imidazole rings is 1. The molecule has 182 valence electrons. The lowest BCUT2D eigenvalue weighted by molar-refractivity contribution is -0.113. The number of carbonyl (C=O) groups is 2. The number of Topliss-reactive ketones (excluding diaryl/α,β-unsaturated/α-hetero) is 2. The highest BCUT2D eigenvalue weighted by molar-refractivity contribution is 6.44. The normalized spacial score (nSPS) is 12.3. The van der Waals surface area contributed by atoms with Crippen LogP contribution in [0.3, 0.4) is 0 Å². The first-order valence-corrected chi connectivity index (χ1v) is 12.0. The summed E-state index contributed by atoms with van der Waals surface area (Å²) in [6.45, 7) is 9.61. The van der Waals surface area contributed by atoms with Crippen LogP contribution in [0.15, 0.2) is 48.5 Å². The molecule has 0 saturated carbocycles. The molecule has 6 nitrogen and oxygen atoms in total. The zero-order chi connectivity index (χ0) is 25.8. The number of hydrogen-bond acceptors (Lipinski definition) is 5. The third-order valence-corrected chi connectivity index (χ3v) is 6.11. The Balaban J connectivity index is 1.98. The van der Waals surface area contributed by atoms with E-state index < -0.39 is 23.1 Å². The molecule has 1 aromatic heterocycles. The first-order chi connectivity index (χ1) is 16.6. The summed E-state index contributed by atoms with van der Waals surface area (Å²) >= 11 is 0. The summed E-state index contributed by atoms with van der Waals surface area (Å²) in [5.74, 6) is -0.207. The summed E-state index contributed by atoms with van der Waals surface area (Å²) < 4.78 is 1.90. The average Bonchev–Trinajstić information content (AvgIpc) is 3.18. The van der Waals surface area contributed by atoms with Gasteiger partial charge in [0.25, 0.3) is 0 Å². The SMILES string of the molecule is CCCCc1nc(C(O)C(C)(C)C)c(C#N)n1Cc1ccc(-c2ccccc2C(=O)C(C)=O)cc1. The fraction of sp³-hybridized carbons (Fsp3) is 0.379. The molecule has 0 radical (unpaired) electrons. The molecule has 0 aliphatic carbocycles. The van der Waals surface area contributed by atoms with Gasteiger partial charge in [0, 0.05) is 25.5 Å². The summed E-state index contributed by atoms with van der Waals surface area (Å²) in [7, 11) is 0. The highest BCUT2D eigenvalue weighted by Crippen LogP contribution is 2.34. The van der Waals surface area contributed by atoms with Gasteiger partial charge in [0.15, 0.2) is 5.78 Å². The van der Waals surface area contributed by atoms with Crippen molar-refractivity contribution in [2.24, 2.45) is 5.41 Å². The lowest BCUT2D eigenvalue weighted by Gasteiger charge is -2.24.